The van der Waals surface area contributed by atoms with Gasteiger partial charge in [-0.1, -0.05) is 0 Å². The first-order valence-electron chi connectivity index (χ1n) is 24.6. The lowest BCUT2D eigenvalue weighted by atomic mass is 9.82. The maximum atomic E-state index is 13.5. The fourth-order valence-electron chi connectivity index (χ4n) is 8.53. The smallest absolute Gasteiger partial charge is 0.343 e. The van der Waals surface area contributed by atoms with E-state index in [0.29, 0.717) is 81.2 Å². The second kappa shape index (κ2) is 24.9. The molecule has 1 heterocycles. The Labute approximate surface area is 462 Å². The maximum absolute atomic E-state index is 13.5. The predicted octanol–water partition coefficient (Wildman–Crippen LogP) is 12.0. The van der Waals surface area contributed by atoms with Gasteiger partial charge in [0.15, 0.2) is 11.6 Å². The largest absolute Gasteiger partial charge is 0.497 e. The van der Waals surface area contributed by atoms with E-state index in [1.165, 1.54) is 46.1 Å². The molecular formula is C61H52BrN3O12S. The summed E-state index contributed by atoms with van der Waals surface area (Å²) in [7, 11) is 6.35. The average molecular weight is 1130 g/mol. The Hall–Kier alpha value is -8.80. The molecule has 0 N–H and O–H groups in total. The number of halogens is 1. The number of Topliss-reactive ketones (excluding diaryl/α,β-unsaturated/α-hetero) is 1. The lowest BCUT2D eigenvalue weighted by Crippen LogP contribution is -2.30. The summed E-state index contributed by atoms with van der Waals surface area (Å²) < 4.78 is 23.3. The van der Waals surface area contributed by atoms with E-state index in [9.17, 15) is 38.4 Å². The number of ketones is 2. The molecule has 396 valence electrons. The Morgan fingerprint density at radius 1 is 0.500 bits per heavy atom. The molecule has 0 unspecified atom stereocenters. The number of carbonyl (C=O) groups excluding carboxylic acids is 8. The van der Waals surface area contributed by atoms with Gasteiger partial charge in [-0.05, 0) is 212 Å². The van der Waals surface area contributed by atoms with Crippen LogP contribution in [0.25, 0.3) is 6.08 Å². The molecule has 0 radical (unpaired) electrons. The minimum absolute atomic E-state index is 0.0717. The van der Waals surface area contributed by atoms with Crippen LogP contribution in [0, 0.1) is 11.8 Å². The van der Waals surface area contributed by atoms with Crippen molar-refractivity contribution in [3.63, 3.8) is 0 Å². The lowest BCUT2D eigenvalue weighted by Gasteiger charge is -2.26. The number of benzene rings is 6. The number of esters is 3. The van der Waals surface area contributed by atoms with Crippen LogP contribution in [0.2, 0.25) is 0 Å². The van der Waals surface area contributed by atoms with Gasteiger partial charge in [-0.2, -0.15) is 0 Å². The molecule has 78 heavy (non-hydrogen) atoms. The van der Waals surface area contributed by atoms with E-state index in [1.807, 2.05) is 0 Å². The van der Waals surface area contributed by atoms with E-state index in [4.69, 9.17) is 18.9 Å². The SMILES string of the molecule is COc1ccc(OC(=O)C2CCC(C(=O)Oc3ccc(C(=O)N(C)c4ccc(OC(=O)c5ccc(N(C)C(=O)c6ccc(C(=O)N(C)c7ccc(C(C)=O)cc7)cc6)cc5)cc4)cc3)CC2)c(/C=C/C(=O)c2ccc(Br)s2)c1. The van der Waals surface area contributed by atoms with E-state index in [0.717, 1.165) is 3.79 Å². The number of hydrogen-bond donors (Lipinski definition) is 0. The third-order valence-corrected chi connectivity index (χ3v) is 14.9. The highest BCUT2D eigenvalue weighted by atomic mass is 79.9. The quantitative estimate of drug-likeness (QED) is 0.0364. The van der Waals surface area contributed by atoms with Gasteiger partial charge in [0.2, 0.25) is 0 Å². The van der Waals surface area contributed by atoms with Gasteiger partial charge in [0.05, 0.1) is 33.2 Å². The van der Waals surface area contributed by atoms with Gasteiger partial charge in [0.1, 0.15) is 23.0 Å². The predicted molar refractivity (Wildman–Crippen MR) is 300 cm³/mol. The fraction of sp³-hybridized carbons (Fsp3) is 0.180. The van der Waals surface area contributed by atoms with Crippen LogP contribution in [0.5, 0.6) is 23.0 Å². The van der Waals surface area contributed by atoms with E-state index in [2.05, 4.69) is 15.9 Å². The van der Waals surface area contributed by atoms with E-state index >= 15 is 0 Å². The number of hydrogen-bond acceptors (Lipinski definition) is 13. The molecule has 1 aromatic heterocycles. The molecule has 7 aromatic rings. The summed E-state index contributed by atoms with van der Waals surface area (Å²) in [5, 5.41) is 0. The number of thiophene rings is 1. The molecule has 1 aliphatic rings. The third-order valence-electron chi connectivity index (χ3n) is 13.3. The zero-order valence-corrected chi connectivity index (χ0v) is 45.5. The van der Waals surface area contributed by atoms with Crippen LogP contribution >= 0.6 is 27.3 Å². The second-order valence-electron chi connectivity index (χ2n) is 18.3. The molecular weight excluding hydrogens is 1080 g/mol. The highest BCUT2D eigenvalue weighted by Crippen LogP contribution is 2.34. The Morgan fingerprint density at radius 2 is 0.910 bits per heavy atom. The molecule has 6 aromatic carbocycles. The molecule has 0 bridgehead atoms. The van der Waals surface area contributed by atoms with Crippen LogP contribution in [0.1, 0.15) is 99.6 Å². The molecule has 0 atom stereocenters. The summed E-state index contributed by atoms with van der Waals surface area (Å²) >= 11 is 4.69. The maximum Gasteiger partial charge on any atom is 0.343 e. The molecule has 8 rings (SSSR count). The molecule has 3 amide bonds. The average Bonchev–Trinajstić information content (AvgIpc) is 3.92. The topological polar surface area (TPSA) is 183 Å². The van der Waals surface area contributed by atoms with Gasteiger partial charge in [-0.15, -0.1) is 11.3 Å². The van der Waals surface area contributed by atoms with Gasteiger partial charge in [0, 0.05) is 66.0 Å². The number of rotatable bonds is 17. The van der Waals surface area contributed by atoms with Crippen LogP contribution in [-0.2, 0) is 9.59 Å². The fourth-order valence-corrected chi connectivity index (χ4v) is 9.83. The zero-order chi connectivity index (χ0) is 55.6. The van der Waals surface area contributed by atoms with Crippen LogP contribution in [0.4, 0.5) is 17.1 Å². The summed E-state index contributed by atoms with van der Waals surface area (Å²) in [6, 6.07) is 40.4. The number of ether oxygens (including phenoxy) is 4. The first-order valence-corrected chi connectivity index (χ1v) is 26.2. The Balaban J connectivity index is 0.777. The van der Waals surface area contributed by atoms with Gasteiger partial charge in [-0.25, -0.2) is 4.79 Å². The van der Waals surface area contributed by atoms with Crippen molar-refractivity contribution >= 4 is 97.6 Å². The molecule has 0 spiro atoms. The molecule has 1 fully saturated rings. The van der Waals surface area contributed by atoms with Gasteiger partial charge >= 0.3 is 17.9 Å². The molecule has 1 saturated carbocycles. The molecule has 17 heteroatoms. The highest BCUT2D eigenvalue weighted by molar-refractivity contribution is 9.11. The third kappa shape index (κ3) is 13.4. The van der Waals surface area contributed by atoms with Crippen molar-refractivity contribution < 1.29 is 57.3 Å². The first kappa shape index (κ1) is 55.4. The van der Waals surface area contributed by atoms with Crippen LogP contribution in [0.15, 0.2) is 162 Å². The van der Waals surface area contributed by atoms with Gasteiger partial charge in [-0.3, -0.25) is 33.6 Å². The normalized spacial score (nSPS) is 13.9. The standard InChI is InChI=1S/C61H52BrN3O12S/c1-37(66)38-14-21-46(22-15-38)63(2)56(68)39-6-8-40(9-7-39)57(69)64(3)47-23-16-44(17-24-47)60(72)76-50-29-25-48(26-30-50)65(4)58(70)41-18-27-49(28-19-41)75-59(71)42-10-12-43(13-11-42)61(73)77-53-33-31-51(74-5)36-45(53)20-32-52(67)54-34-35-55(62)78-54/h6-9,14-36,42-43H,10-13H2,1-5H3/b32-20+. The Morgan fingerprint density at radius 3 is 1.37 bits per heavy atom. The number of methoxy groups -OCH3 is 1. The van der Waals surface area contributed by atoms with E-state index in [1.54, 1.807) is 179 Å². The zero-order valence-electron chi connectivity index (χ0n) is 43.1. The van der Waals surface area contributed by atoms with Crippen molar-refractivity contribution in [2.75, 3.05) is 43.0 Å². The van der Waals surface area contributed by atoms with Crippen molar-refractivity contribution in [1.82, 2.24) is 0 Å². The molecule has 0 saturated heterocycles. The summed E-state index contributed by atoms with van der Waals surface area (Å²) in [6.45, 7) is 1.47. The number of carbonyl (C=O) groups is 8. The van der Waals surface area contributed by atoms with Crippen LogP contribution in [0.3, 0.4) is 0 Å². The molecule has 1 aliphatic carbocycles. The second-order valence-corrected chi connectivity index (χ2v) is 20.8. The van der Waals surface area contributed by atoms with Crippen LogP contribution in [-0.4, -0.2) is 75.4 Å². The first-order chi connectivity index (χ1) is 37.5. The summed E-state index contributed by atoms with van der Waals surface area (Å²) in [4.78, 5) is 109. The van der Waals surface area contributed by atoms with Crippen LogP contribution < -0.4 is 33.6 Å². The number of amides is 3. The molecule has 15 nitrogen and oxygen atoms in total. The highest BCUT2D eigenvalue weighted by Gasteiger charge is 2.33. The van der Waals surface area contributed by atoms with Crippen molar-refractivity contribution in [3.8, 4) is 23.0 Å². The molecule has 0 aliphatic heterocycles. The lowest BCUT2D eigenvalue weighted by molar-refractivity contribution is -0.145. The number of anilines is 3. The van der Waals surface area contributed by atoms with Crippen molar-refractivity contribution in [2.45, 2.75) is 32.6 Å². The Kier molecular flexibility index (Phi) is 17.7. The van der Waals surface area contributed by atoms with Gasteiger partial charge < -0.3 is 33.6 Å². The monoisotopic (exact) mass is 1130 g/mol. The summed E-state index contributed by atoms with van der Waals surface area (Å²) in [5.41, 5.74) is 3.99. The van der Waals surface area contributed by atoms with Gasteiger partial charge in [0.25, 0.3) is 17.7 Å². The minimum Gasteiger partial charge on any atom is -0.497 e. The number of allylic oxidation sites excluding steroid dienone is 1. The van der Waals surface area contributed by atoms with Crippen molar-refractivity contribution in [2.24, 2.45) is 11.8 Å². The summed E-state index contributed by atoms with van der Waals surface area (Å²) in [6.07, 6.45) is 4.68. The minimum atomic E-state index is -0.634. The van der Waals surface area contributed by atoms with E-state index < -0.39 is 29.7 Å². The van der Waals surface area contributed by atoms with Crippen molar-refractivity contribution in [1.29, 1.82) is 0 Å². The Bertz CT molecular complexity index is 3420. The summed E-state index contributed by atoms with van der Waals surface area (Å²) in [5.74, 6) is -2.27. The van der Waals surface area contributed by atoms with E-state index in [-0.39, 0.29) is 52.1 Å². The van der Waals surface area contributed by atoms with Crippen molar-refractivity contribution in [3.05, 3.63) is 200 Å². The number of nitrogens with zero attached hydrogens (tertiary/aromatic N) is 3.